The molecule has 15 heavy (non-hydrogen) atoms. The summed E-state index contributed by atoms with van der Waals surface area (Å²) >= 11 is 0. The Bertz CT molecular complexity index is 317. The van der Waals surface area contributed by atoms with Crippen LogP contribution in [0.5, 0.6) is 5.75 Å². The van der Waals surface area contributed by atoms with Crippen molar-refractivity contribution in [3.8, 4) is 5.75 Å². The van der Waals surface area contributed by atoms with Crippen LogP contribution in [0.4, 0.5) is 4.39 Å². The molecular weight excluding hydrogens is 197 g/mol. The average molecular weight is 213 g/mol. The van der Waals surface area contributed by atoms with Crippen molar-refractivity contribution in [3.63, 3.8) is 0 Å². The van der Waals surface area contributed by atoms with E-state index < -0.39 is 6.17 Å². The zero-order valence-electron chi connectivity index (χ0n) is 8.74. The lowest BCUT2D eigenvalue weighted by Gasteiger charge is -2.10. The molecule has 1 rings (SSSR count). The SMILES string of the molecule is Cc1cc(CO)cc(OC[C@H](F)CN)c1. The summed E-state index contributed by atoms with van der Waals surface area (Å²) in [5, 5.41) is 8.96. The summed E-state index contributed by atoms with van der Waals surface area (Å²) in [6.07, 6.45) is -1.15. The van der Waals surface area contributed by atoms with Crippen LogP contribution in [-0.4, -0.2) is 24.4 Å². The van der Waals surface area contributed by atoms with Crippen LogP contribution in [0.2, 0.25) is 0 Å². The summed E-state index contributed by atoms with van der Waals surface area (Å²) in [5.41, 5.74) is 6.86. The molecule has 84 valence electrons. The maximum Gasteiger partial charge on any atom is 0.146 e. The Morgan fingerprint density at radius 3 is 2.80 bits per heavy atom. The van der Waals surface area contributed by atoms with Crippen LogP contribution >= 0.6 is 0 Å². The third-order valence-electron chi connectivity index (χ3n) is 1.98. The number of hydrogen-bond donors (Lipinski definition) is 2. The molecular formula is C11H16FNO2. The van der Waals surface area contributed by atoms with E-state index >= 15 is 0 Å². The molecule has 0 radical (unpaired) electrons. The molecule has 0 amide bonds. The first kappa shape index (κ1) is 11.9. The van der Waals surface area contributed by atoms with Crippen molar-refractivity contribution in [2.45, 2.75) is 19.7 Å². The van der Waals surface area contributed by atoms with Crippen LogP contribution in [0, 0.1) is 6.92 Å². The van der Waals surface area contributed by atoms with E-state index in [1.165, 1.54) is 0 Å². The van der Waals surface area contributed by atoms with Gasteiger partial charge in [-0.2, -0.15) is 0 Å². The van der Waals surface area contributed by atoms with Gasteiger partial charge < -0.3 is 15.6 Å². The lowest BCUT2D eigenvalue weighted by molar-refractivity contribution is 0.200. The summed E-state index contributed by atoms with van der Waals surface area (Å²) in [5.74, 6) is 0.565. The number of aryl methyl sites for hydroxylation is 1. The van der Waals surface area contributed by atoms with Gasteiger partial charge in [-0.05, 0) is 30.2 Å². The number of halogens is 1. The molecule has 0 heterocycles. The molecule has 3 nitrogen and oxygen atoms in total. The number of rotatable bonds is 5. The molecule has 0 fully saturated rings. The van der Waals surface area contributed by atoms with E-state index in [2.05, 4.69) is 0 Å². The second-order valence-corrected chi connectivity index (χ2v) is 3.46. The highest BCUT2D eigenvalue weighted by atomic mass is 19.1. The average Bonchev–Trinajstić information content (AvgIpc) is 2.25. The predicted molar refractivity (Wildman–Crippen MR) is 56.5 cm³/mol. The van der Waals surface area contributed by atoms with Crippen LogP contribution in [0.15, 0.2) is 18.2 Å². The predicted octanol–water partition coefficient (Wildman–Crippen LogP) is 1.16. The summed E-state index contributed by atoms with van der Waals surface area (Å²) in [6.45, 7) is 1.75. The van der Waals surface area contributed by atoms with Gasteiger partial charge in [0.1, 0.15) is 18.5 Å². The van der Waals surface area contributed by atoms with Gasteiger partial charge in [-0.25, -0.2) is 4.39 Å². The summed E-state index contributed by atoms with van der Waals surface area (Å²) < 4.78 is 18.0. The maximum absolute atomic E-state index is 12.8. The third kappa shape index (κ3) is 3.85. The number of aliphatic hydroxyl groups is 1. The van der Waals surface area contributed by atoms with Gasteiger partial charge in [-0.15, -0.1) is 0 Å². The van der Waals surface area contributed by atoms with Gasteiger partial charge in [0.25, 0.3) is 0 Å². The molecule has 0 aliphatic rings. The molecule has 0 unspecified atom stereocenters. The van der Waals surface area contributed by atoms with Crippen molar-refractivity contribution in [1.29, 1.82) is 0 Å². The molecule has 0 saturated carbocycles. The number of benzene rings is 1. The number of alkyl halides is 1. The summed E-state index contributed by atoms with van der Waals surface area (Å²) in [6, 6.07) is 5.33. The Balaban J connectivity index is 2.64. The van der Waals surface area contributed by atoms with Crippen molar-refractivity contribution in [2.24, 2.45) is 5.73 Å². The molecule has 0 bridgehead atoms. The molecule has 0 spiro atoms. The topological polar surface area (TPSA) is 55.5 Å². The number of ether oxygens (including phenoxy) is 1. The van der Waals surface area contributed by atoms with Crippen LogP contribution < -0.4 is 10.5 Å². The van der Waals surface area contributed by atoms with E-state index in [0.29, 0.717) is 5.75 Å². The minimum absolute atomic E-state index is 0.0430. The Labute approximate surface area is 88.7 Å². The van der Waals surface area contributed by atoms with Crippen molar-refractivity contribution in [1.82, 2.24) is 0 Å². The largest absolute Gasteiger partial charge is 0.490 e. The molecule has 0 aromatic heterocycles. The zero-order chi connectivity index (χ0) is 11.3. The molecule has 0 saturated heterocycles. The van der Waals surface area contributed by atoms with Crippen molar-refractivity contribution < 1.29 is 14.2 Å². The Hall–Kier alpha value is -1.13. The first-order valence-electron chi connectivity index (χ1n) is 4.84. The van der Waals surface area contributed by atoms with Gasteiger partial charge in [-0.3, -0.25) is 0 Å². The lowest BCUT2D eigenvalue weighted by Crippen LogP contribution is -2.22. The minimum atomic E-state index is -1.15. The number of aliphatic hydroxyl groups excluding tert-OH is 1. The number of nitrogens with two attached hydrogens (primary N) is 1. The highest BCUT2D eigenvalue weighted by molar-refractivity contribution is 5.33. The van der Waals surface area contributed by atoms with Gasteiger partial charge in [0, 0.05) is 6.54 Å². The van der Waals surface area contributed by atoms with E-state index in [1.54, 1.807) is 12.1 Å². The maximum atomic E-state index is 12.8. The highest BCUT2D eigenvalue weighted by Crippen LogP contribution is 2.17. The first-order valence-corrected chi connectivity index (χ1v) is 4.84. The molecule has 0 aliphatic heterocycles. The van der Waals surface area contributed by atoms with E-state index in [9.17, 15) is 4.39 Å². The normalized spacial score (nSPS) is 12.5. The molecule has 1 atom stereocenters. The fraction of sp³-hybridized carbons (Fsp3) is 0.455. The van der Waals surface area contributed by atoms with Gasteiger partial charge >= 0.3 is 0 Å². The van der Waals surface area contributed by atoms with Crippen molar-refractivity contribution in [2.75, 3.05) is 13.2 Å². The zero-order valence-corrected chi connectivity index (χ0v) is 8.74. The molecule has 0 aliphatic carbocycles. The Morgan fingerprint density at radius 2 is 2.20 bits per heavy atom. The van der Waals surface area contributed by atoms with Crippen molar-refractivity contribution in [3.05, 3.63) is 29.3 Å². The Morgan fingerprint density at radius 1 is 1.47 bits per heavy atom. The van der Waals surface area contributed by atoms with E-state index in [0.717, 1.165) is 11.1 Å². The van der Waals surface area contributed by atoms with Crippen molar-refractivity contribution >= 4 is 0 Å². The van der Waals surface area contributed by atoms with E-state index in [4.69, 9.17) is 15.6 Å². The minimum Gasteiger partial charge on any atom is -0.490 e. The summed E-state index contributed by atoms with van der Waals surface area (Å²) in [7, 11) is 0. The smallest absolute Gasteiger partial charge is 0.146 e. The molecule has 1 aromatic carbocycles. The second-order valence-electron chi connectivity index (χ2n) is 3.46. The quantitative estimate of drug-likeness (QED) is 0.771. The lowest BCUT2D eigenvalue weighted by atomic mass is 10.1. The standard InChI is InChI=1S/C11H16FNO2/c1-8-2-9(6-14)4-11(3-8)15-7-10(12)5-13/h2-4,10,14H,5-7,13H2,1H3/t10-/m1/s1. The van der Waals surface area contributed by atoms with Crippen LogP contribution in [0.25, 0.3) is 0 Å². The van der Waals surface area contributed by atoms with Gasteiger partial charge in [0.05, 0.1) is 6.61 Å². The Kier molecular flexibility index (Phi) is 4.52. The monoisotopic (exact) mass is 213 g/mol. The fourth-order valence-electron chi connectivity index (χ4n) is 1.25. The first-order chi connectivity index (χ1) is 7.15. The van der Waals surface area contributed by atoms with E-state index in [-0.39, 0.29) is 19.8 Å². The molecule has 4 heteroatoms. The highest BCUT2D eigenvalue weighted by Gasteiger charge is 2.05. The van der Waals surface area contributed by atoms with E-state index in [1.807, 2.05) is 13.0 Å². The molecule has 1 aromatic rings. The third-order valence-corrected chi connectivity index (χ3v) is 1.98. The van der Waals surface area contributed by atoms with Gasteiger partial charge in [0.15, 0.2) is 0 Å². The fourth-order valence-corrected chi connectivity index (χ4v) is 1.25. The number of hydrogen-bond acceptors (Lipinski definition) is 3. The summed E-state index contributed by atoms with van der Waals surface area (Å²) in [4.78, 5) is 0. The second kappa shape index (κ2) is 5.68. The van der Waals surface area contributed by atoms with Crippen LogP contribution in [0.1, 0.15) is 11.1 Å². The van der Waals surface area contributed by atoms with Gasteiger partial charge in [-0.1, -0.05) is 6.07 Å². The van der Waals surface area contributed by atoms with Gasteiger partial charge in [0.2, 0.25) is 0 Å². The van der Waals surface area contributed by atoms with Crippen LogP contribution in [-0.2, 0) is 6.61 Å². The molecule has 3 N–H and O–H groups in total. The van der Waals surface area contributed by atoms with Crippen LogP contribution in [0.3, 0.4) is 0 Å².